The molecule has 0 aromatic carbocycles. The highest BCUT2D eigenvalue weighted by Gasteiger charge is 2.14. The maximum absolute atomic E-state index is 11.1. The second-order valence-electron chi connectivity index (χ2n) is 2.08. The van der Waals surface area contributed by atoms with Gasteiger partial charge in [-0.25, -0.2) is 9.78 Å². The van der Waals surface area contributed by atoms with Crippen molar-refractivity contribution >= 4 is 45.1 Å². The first-order chi connectivity index (χ1) is 6.06. The van der Waals surface area contributed by atoms with Crippen molar-refractivity contribution in [1.82, 2.24) is 4.98 Å². The van der Waals surface area contributed by atoms with Crippen LogP contribution in [0.15, 0.2) is 10.5 Å². The Hall–Kier alpha value is -0.320. The average molecular weight is 285 g/mol. The van der Waals surface area contributed by atoms with E-state index in [-0.39, 0.29) is 15.9 Å². The number of hydrogen-bond donors (Lipinski definition) is 0. The summed E-state index contributed by atoms with van der Waals surface area (Å²) in [5.41, 5.74) is 0.0115. The van der Waals surface area contributed by atoms with E-state index >= 15 is 0 Å². The molecule has 6 heteroatoms. The third kappa shape index (κ3) is 2.33. The molecule has 0 aliphatic rings. The van der Waals surface area contributed by atoms with E-state index in [1.54, 1.807) is 0 Å². The molecule has 70 valence electrons. The first kappa shape index (κ1) is 10.8. The molecule has 0 spiro atoms. The van der Waals surface area contributed by atoms with Crippen LogP contribution < -0.4 is 0 Å². The molecule has 1 aromatic rings. The van der Waals surface area contributed by atoms with Gasteiger partial charge in [0.2, 0.25) is 0 Å². The molecular formula is C7H4BrCl2NO2. The summed E-state index contributed by atoms with van der Waals surface area (Å²) in [7, 11) is 1.25. The molecule has 3 nitrogen and oxygen atoms in total. The maximum Gasteiger partial charge on any atom is 0.358 e. The highest BCUT2D eigenvalue weighted by molar-refractivity contribution is 9.10. The summed E-state index contributed by atoms with van der Waals surface area (Å²) in [6, 6.07) is 1.49. The van der Waals surface area contributed by atoms with E-state index in [1.165, 1.54) is 13.2 Å². The summed E-state index contributed by atoms with van der Waals surface area (Å²) in [5.74, 6) is -0.612. The van der Waals surface area contributed by atoms with Crippen LogP contribution in [0.5, 0.6) is 0 Å². The van der Waals surface area contributed by atoms with Gasteiger partial charge >= 0.3 is 5.97 Å². The molecule has 1 aromatic heterocycles. The smallest absolute Gasteiger partial charge is 0.358 e. The highest BCUT2D eigenvalue weighted by Crippen LogP contribution is 2.26. The number of pyridine rings is 1. The maximum atomic E-state index is 11.1. The summed E-state index contributed by atoms with van der Waals surface area (Å²) < 4.78 is 4.99. The van der Waals surface area contributed by atoms with Crippen LogP contribution in [0.25, 0.3) is 0 Å². The molecule has 0 atom stereocenters. The van der Waals surface area contributed by atoms with Crippen LogP contribution >= 0.6 is 39.1 Å². The Morgan fingerprint density at radius 1 is 1.62 bits per heavy atom. The topological polar surface area (TPSA) is 39.2 Å². The lowest BCUT2D eigenvalue weighted by atomic mass is 10.3. The highest BCUT2D eigenvalue weighted by atomic mass is 79.9. The monoisotopic (exact) mass is 283 g/mol. The third-order valence-electron chi connectivity index (χ3n) is 1.27. The Balaban J connectivity index is 3.23. The molecule has 13 heavy (non-hydrogen) atoms. The van der Waals surface area contributed by atoms with Crippen molar-refractivity contribution in [1.29, 1.82) is 0 Å². The van der Waals surface area contributed by atoms with Crippen LogP contribution in [0, 0.1) is 0 Å². The molecular weight excluding hydrogens is 281 g/mol. The van der Waals surface area contributed by atoms with Gasteiger partial charge < -0.3 is 4.74 Å². The Morgan fingerprint density at radius 2 is 2.23 bits per heavy atom. The van der Waals surface area contributed by atoms with Gasteiger partial charge in [-0.2, -0.15) is 0 Å². The molecule has 0 saturated carbocycles. The van der Waals surface area contributed by atoms with Crippen LogP contribution in [-0.4, -0.2) is 18.1 Å². The second-order valence-corrected chi connectivity index (χ2v) is 3.70. The second kappa shape index (κ2) is 4.26. The average Bonchev–Trinajstić information content (AvgIpc) is 2.10. The van der Waals surface area contributed by atoms with Crippen molar-refractivity contribution in [2.45, 2.75) is 0 Å². The van der Waals surface area contributed by atoms with Crippen LogP contribution in [0.4, 0.5) is 0 Å². The summed E-state index contributed by atoms with van der Waals surface area (Å²) in [4.78, 5) is 14.8. The largest absolute Gasteiger partial charge is 0.464 e. The predicted octanol–water partition coefficient (Wildman–Crippen LogP) is 2.94. The van der Waals surface area contributed by atoms with Gasteiger partial charge in [-0.1, -0.05) is 23.2 Å². The summed E-state index contributed by atoms with van der Waals surface area (Å²) >= 11 is 14.5. The molecule has 0 aliphatic carbocycles. The number of aromatic nitrogens is 1. The Labute approximate surface area is 93.1 Å². The molecule has 0 unspecified atom stereocenters. The minimum Gasteiger partial charge on any atom is -0.464 e. The van der Waals surface area contributed by atoms with Crippen molar-refractivity contribution in [3.63, 3.8) is 0 Å². The lowest BCUT2D eigenvalue weighted by Gasteiger charge is -2.02. The van der Waals surface area contributed by atoms with Crippen molar-refractivity contribution in [2.75, 3.05) is 7.11 Å². The van der Waals surface area contributed by atoms with Gasteiger partial charge in [0.05, 0.1) is 16.6 Å². The fourth-order valence-corrected chi connectivity index (χ4v) is 1.50. The third-order valence-corrected chi connectivity index (χ3v) is 2.67. The number of hydrogen-bond acceptors (Lipinski definition) is 3. The molecule has 1 heterocycles. The standard InChI is InChI=1S/C7H4BrCl2NO2/c1-13-7(12)5-4(9)2-3(8)6(10)11-5/h2H,1H3. The van der Waals surface area contributed by atoms with Gasteiger partial charge in [-0.05, 0) is 22.0 Å². The van der Waals surface area contributed by atoms with Crippen LogP contribution in [-0.2, 0) is 4.74 Å². The summed E-state index contributed by atoms with van der Waals surface area (Å²) in [6.45, 7) is 0. The van der Waals surface area contributed by atoms with Crippen LogP contribution in [0.1, 0.15) is 10.5 Å². The normalized spacial score (nSPS) is 9.85. The van der Waals surface area contributed by atoms with E-state index in [0.717, 1.165) is 0 Å². The molecule has 0 bridgehead atoms. The first-order valence-corrected chi connectivity index (χ1v) is 4.71. The van der Waals surface area contributed by atoms with E-state index in [9.17, 15) is 4.79 Å². The van der Waals surface area contributed by atoms with Crippen molar-refractivity contribution in [3.8, 4) is 0 Å². The molecule has 1 rings (SSSR count). The number of halogens is 3. The number of esters is 1. The number of methoxy groups -OCH3 is 1. The summed E-state index contributed by atoms with van der Waals surface area (Å²) in [5, 5.41) is 0.368. The van der Waals surface area contributed by atoms with E-state index in [2.05, 4.69) is 25.7 Å². The molecule has 0 aliphatic heterocycles. The fraction of sp³-hybridized carbons (Fsp3) is 0.143. The van der Waals surface area contributed by atoms with Crippen molar-refractivity contribution < 1.29 is 9.53 Å². The van der Waals surface area contributed by atoms with Crippen LogP contribution in [0.3, 0.4) is 0 Å². The number of rotatable bonds is 1. The Bertz CT molecular complexity index is 357. The molecule has 0 amide bonds. The van der Waals surface area contributed by atoms with E-state index in [1.807, 2.05) is 0 Å². The zero-order chi connectivity index (χ0) is 10.0. The van der Waals surface area contributed by atoms with Gasteiger partial charge in [0.1, 0.15) is 5.15 Å². The van der Waals surface area contributed by atoms with E-state index in [4.69, 9.17) is 23.2 Å². The Morgan fingerprint density at radius 3 is 2.77 bits per heavy atom. The minimum absolute atomic E-state index is 0.0115. The van der Waals surface area contributed by atoms with Gasteiger partial charge in [-0.15, -0.1) is 0 Å². The van der Waals surface area contributed by atoms with E-state index < -0.39 is 5.97 Å². The lowest BCUT2D eigenvalue weighted by molar-refractivity contribution is 0.0594. The minimum atomic E-state index is -0.612. The molecule has 0 radical (unpaired) electrons. The quantitative estimate of drug-likeness (QED) is 0.588. The number of nitrogens with zero attached hydrogens (tertiary/aromatic N) is 1. The Kier molecular flexibility index (Phi) is 3.53. The number of carbonyl (C=O) groups is 1. The molecule has 0 saturated heterocycles. The molecule has 0 N–H and O–H groups in total. The van der Waals surface area contributed by atoms with Gasteiger partial charge in [-0.3, -0.25) is 0 Å². The van der Waals surface area contributed by atoms with Crippen molar-refractivity contribution in [3.05, 3.63) is 26.4 Å². The first-order valence-electron chi connectivity index (χ1n) is 3.16. The SMILES string of the molecule is COC(=O)c1nc(Cl)c(Br)cc1Cl. The zero-order valence-corrected chi connectivity index (χ0v) is 9.57. The fourth-order valence-electron chi connectivity index (χ4n) is 0.684. The number of carbonyl (C=O) groups excluding carboxylic acids is 1. The van der Waals surface area contributed by atoms with Gasteiger partial charge in [0.25, 0.3) is 0 Å². The van der Waals surface area contributed by atoms with Crippen molar-refractivity contribution in [2.24, 2.45) is 0 Å². The van der Waals surface area contributed by atoms with Crippen LogP contribution in [0.2, 0.25) is 10.2 Å². The lowest BCUT2D eigenvalue weighted by Crippen LogP contribution is -2.05. The zero-order valence-electron chi connectivity index (χ0n) is 6.47. The molecule has 0 fully saturated rings. The van der Waals surface area contributed by atoms with E-state index in [0.29, 0.717) is 4.47 Å². The summed E-state index contributed by atoms with van der Waals surface area (Å²) in [6.07, 6.45) is 0. The predicted molar refractivity (Wildman–Crippen MR) is 53.3 cm³/mol. The van der Waals surface area contributed by atoms with Gasteiger partial charge in [0.15, 0.2) is 5.69 Å². The van der Waals surface area contributed by atoms with Gasteiger partial charge in [0, 0.05) is 0 Å². The number of ether oxygens (including phenoxy) is 1.